The smallest absolute Gasteiger partial charge is 0.318 e. The molecule has 2 amide bonds. The molecule has 6 nitrogen and oxygen atoms in total. The molecule has 6 heteroatoms. The lowest BCUT2D eigenvalue weighted by molar-refractivity contribution is 0.186. The highest BCUT2D eigenvalue weighted by atomic mass is 16.2. The van der Waals surface area contributed by atoms with Gasteiger partial charge in [0.2, 0.25) is 0 Å². The van der Waals surface area contributed by atoms with Crippen molar-refractivity contribution in [3.63, 3.8) is 0 Å². The van der Waals surface area contributed by atoms with E-state index in [9.17, 15) is 10.1 Å². The van der Waals surface area contributed by atoms with Crippen molar-refractivity contribution in [3.05, 3.63) is 59.3 Å². The van der Waals surface area contributed by atoms with Crippen LogP contribution in [0.1, 0.15) is 49.9 Å². The van der Waals surface area contributed by atoms with Gasteiger partial charge in [-0.1, -0.05) is 51.5 Å². The minimum Gasteiger partial charge on any atom is -0.352 e. The van der Waals surface area contributed by atoms with Crippen molar-refractivity contribution >= 4 is 11.8 Å². The number of rotatable bonds is 6. The molecule has 0 radical (unpaired) electrons. The number of amides is 2. The number of nitrogens with zero attached hydrogens (tertiary/aromatic N) is 4. The Morgan fingerprint density at radius 1 is 1.17 bits per heavy atom. The molecule has 0 spiro atoms. The van der Waals surface area contributed by atoms with Gasteiger partial charge >= 0.3 is 6.03 Å². The SMILES string of the molecule is CCCc1ccc([C@@H](NC(=O)N2CCN(c3ncccc3C#N)CC2)C(C)C)cc1. The molecule has 158 valence electrons. The van der Waals surface area contributed by atoms with Crippen molar-refractivity contribution < 1.29 is 4.79 Å². The van der Waals surface area contributed by atoms with Gasteiger partial charge in [0.15, 0.2) is 0 Å². The maximum absolute atomic E-state index is 13.0. The molecule has 1 aliphatic rings. The van der Waals surface area contributed by atoms with Crippen molar-refractivity contribution in [3.8, 4) is 6.07 Å². The number of piperazine rings is 1. The molecule has 1 aromatic heterocycles. The number of anilines is 1. The first-order chi connectivity index (χ1) is 14.5. The normalized spacial score (nSPS) is 15.0. The third-order valence-corrected chi connectivity index (χ3v) is 5.60. The Labute approximate surface area is 179 Å². The van der Waals surface area contributed by atoms with E-state index >= 15 is 0 Å². The monoisotopic (exact) mass is 405 g/mol. The number of hydrogen-bond acceptors (Lipinski definition) is 4. The number of nitriles is 1. The van der Waals surface area contributed by atoms with Crippen molar-refractivity contribution in [2.75, 3.05) is 31.1 Å². The third-order valence-electron chi connectivity index (χ3n) is 5.60. The lowest BCUT2D eigenvalue weighted by atomic mass is 9.94. The van der Waals surface area contributed by atoms with Crippen LogP contribution in [-0.2, 0) is 6.42 Å². The van der Waals surface area contributed by atoms with Gasteiger partial charge in [0.25, 0.3) is 0 Å². The van der Waals surface area contributed by atoms with Gasteiger partial charge in [0.1, 0.15) is 11.9 Å². The molecule has 1 fully saturated rings. The second kappa shape index (κ2) is 10.1. The number of hydrogen-bond donors (Lipinski definition) is 1. The Morgan fingerprint density at radius 3 is 2.47 bits per heavy atom. The van der Waals surface area contributed by atoms with Crippen LogP contribution in [0.4, 0.5) is 10.6 Å². The molecule has 1 aliphatic heterocycles. The van der Waals surface area contributed by atoms with Crippen LogP contribution in [0.3, 0.4) is 0 Å². The third kappa shape index (κ3) is 5.10. The summed E-state index contributed by atoms with van der Waals surface area (Å²) in [5.41, 5.74) is 3.04. The lowest BCUT2D eigenvalue weighted by Gasteiger charge is -2.36. The topological polar surface area (TPSA) is 72.3 Å². The fraction of sp³-hybridized carbons (Fsp3) is 0.458. The average molecular weight is 406 g/mol. The van der Waals surface area contributed by atoms with Gasteiger partial charge in [0.05, 0.1) is 11.6 Å². The summed E-state index contributed by atoms with van der Waals surface area (Å²) in [6.45, 7) is 8.98. The second-order valence-corrected chi connectivity index (χ2v) is 8.12. The highest BCUT2D eigenvalue weighted by molar-refractivity contribution is 5.75. The zero-order chi connectivity index (χ0) is 21.5. The van der Waals surface area contributed by atoms with Gasteiger partial charge in [0, 0.05) is 32.4 Å². The molecule has 1 aromatic carbocycles. The predicted octanol–water partition coefficient (Wildman–Crippen LogP) is 4.13. The van der Waals surface area contributed by atoms with Crippen LogP contribution in [0.15, 0.2) is 42.6 Å². The molecule has 0 saturated carbocycles. The van der Waals surface area contributed by atoms with E-state index in [2.05, 4.69) is 66.3 Å². The highest BCUT2D eigenvalue weighted by Crippen LogP contribution is 2.23. The molecule has 0 unspecified atom stereocenters. The molecule has 30 heavy (non-hydrogen) atoms. The van der Waals surface area contributed by atoms with Crippen LogP contribution in [0.25, 0.3) is 0 Å². The predicted molar refractivity (Wildman–Crippen MR) is 119 cm³/mol. The van der Waals surface area contributed by atoms with Crippen LogP contribution >= 0.6 is 0 Å². The quantitative estimate of drug-likeness (QED) is 0.784. The molecule has 1 N–H and O–H groups in total. The summed E-state index contributed by atoms with van der Waals surface area (Å²) in [4.78, 5) is 21.2. The summed E-state index contributed by atoms with van der Waals surface area (Å²) in [5.74, 6) is 0.992. The molecule has 1 saturated heterocycles. The fourth-order valence-corrected chi connectivity index (χ4v) is 3.90. The van der Waals surface area contributed by atoms with Crippen LogP contribution < -0.4 is 10.2 Å². The molecule has 0 aliphatic carbocycles. The van der Waals surface area contributed by atoms with Crippen molar-refractivity contribution in [1.29, 1.82) is 5.26 Å². The molecule has 2 heterocycles. The number of carbonyl (C=O) groups is 1. The van der Waals surface area contributed by atoms with Crippen LogP contribution in [0, 0.1) is 17.2 Å². The summed E-state index contributed by atoms with van der Waals surface area (Å²) in [7, 11) is 0. The number of aryl methyl sites for hydroxylation is 1. The van der Waals surface area contributed by atoms with E-state index < -0.39 is 0 Å². The molecule has 3 rings (SSSR count). The van der Waals surface area contributed by atoms with Gasteiger partial charge in [-0.2, -0.15) is 5.26 Å². The Bertz CT molecular complexity index is 879. The van der Waals surface area contributed by atoms with Crippen LogP contribution in [0.5, 0.6) is 0 Å². The maximum atomic E-state index is 13.0. The van der Waals surface area contributed by atoms with Gasteiger partial charge in [-0.05, 0) is 35.6 Å². The zero-order valence-electron chi connectivity index (χ0n) is 18.1. The summed E-state index contributed by atoms with van der Waals surface area (Å²) in [6.07, 6.45) is 3.91. The molecule has 1 atom stereocenters. The van der Waals surface area contributed by atoms with Gasteiger partial charge < -0.3 is 15.1 Å². The number of aromatic nitrogens is 1. The van der Waals surface area contributed by atoms with E-state index in [1.807, 2.05) is 4.90 Å². The lowest BCUT2D eigenvalue weighted by Crippen LogP contribution is -2.53. The summed E-state index contributed by atoms with van der Waals surface area (Å²) >= 11 is 0. The van der Waals surface area contributed by atoms with E-state index in [1.54, 1.807) is 18.3 Å². The van der Waals surface area contributed by atoms with Crippen molar-refractivity contribution in [1.82, 2.24) is 15.2 Å². The van der Waals surface area contributed by atoms with Crippen molar-refractivity contribution in [2.24, 2.45) is 5.92 Å². The molecular formula is C24H31N5O. The summed E-state index contributed by atoms with van der Waals surface area (Å²) in [5, 5.41) is 12.5. The van der Waals surface area contributed by atoms with Gasteiger partial charge in [-0.15, -0.1) is 0 Å². The largest absolute Gasteiger partial charge is 0.352 e. The summed E-state index contributed by atoms with van der Waals surface area (Å²) < 4.78 is 0. The van der Waals surface area contributed by atoms with Crippen LogP contribution in [-0.4, -0.2) is 42.1 Å². The van der Waals surface area contributed by atoms with Gasteiger partial charge in [-0.3, -0.25) is 0 Å². The summed E-state index contributed by atoms with van der Waals surface area (Å²) in [6, 6.07) is 14.3. The van der Waals surface area contributed by atoms with E-state index in [0.717, 1.165) is 18.4 Å². The number of benzene rings is 1. The number of urea groups is 1. The first kappa shape index (κ1) is 21.6. The molecular weight excluding hydrogens is 374 g/mol. The molecule has 0 bridgehead atoms. The number of carbonyl (C=O) groups excluding carboxylic acids is 1. The molecule has 2 aromatic rings. The Hall–Kier alpha value is -3.07. The zero-order valence-corrected chi connectivity index (χ0v) is 18.1. The fourth-order valence-electron chi connectivity index (χ4n) is 3.90. The van der Waals surface area contributed by atoms with Crippen LogP contribution in [0.2, 0.25) is 0 Å². The second-order valence-electron chi connectivity index (χ2n) is 8.12. The van der Waals surface area contributed by atoms with Gasteiger partial charge in [-0.25, -0.2) is 9.78 Å². The Kier molecular flexibility index (Phi) is 7.29. The van der Waals surface area contributed by atoms with Crippen molar-refractivity contribution in [2.45, 2.75) is 39.7 Å². The Morgan fingerprint density at radius 2 is 1.87 bits per heavy atom. The maximum Gasteiger partial charge on any atom is 0.318 e. The number of pyridine rings is 1. The Balaban J connectivity index is 1.61. The minimum atomic E-state index is -0.0347. The van der Waals surface area contributed by atoms with E-state index in [-0.39, 0.29) is 12.1 Å². The first-order valence-corrected chi connectivity index (χ1v) is 10.8. The average Bonchev–Trinajstić information content (AvgIpc) is 2.78. The van der Waals surface area contributed by atoms with E-state index in [4.69, 9.17) is 0 Å². The van der Waals surface area contributed by atoms with E-state index in [0.29, 0.717) is 43.5 Å². The minimum absolute atomic E-state index is 0.0211. The first-order valence-electron chi connectivity index (χ1n) is 10.8. The highest BCUT2D eigenvalue weighted by Gasteiger charge is 2.26. The van der Waals surface area contributed by atoms with E-state index in [1.165, 1.54) is 5.56 Å². The standard InChI is InChI=1S/C24H31N5O/c1-4-6-19-8-10-20(11-9-19)22(18(2)3)27-24(30)29-15-13-28(14-16-29)23-21(17-25)7-5-12-26-23/h5,7-12,18,22H,4,6,13-16H2,1-3H3,(H,27,30)/t22-/m0/s1. The number of nitrogens with one attached hydrogen (secondary N) is 1.